The van der Waals surface area contributed by atoms with Crippen LogP contribution in [0.5, 0.6) is 11.5 Å². The zero-order valence-electron chi connectivity index (χ0n) is 13.0. The van der Waals surface area contributed by atoms with Crippen LogP contribution in [0.25, 0.3) is 0 Å². The number of rotatable bonds is 3. The van der Waals surface area contributed by atoms with E-state index in [4.69, 9.17) is 15.2 Å². The van der Waals surface area contributed by atoms with Crippen LogP contribution in [0.2, 0.25) is 0 Å². The van der Waals surface area contributed by atoms with Gasteiger partial charge in [-0.05, 0) is 5.92 Å². The lowest BCUT2D eigenvalue weighted by Gasteiger charge is -2.37. The molecule has 0 unspecified atom stereocenters. The van der Waals surface area contributed by atoms with Gasteiger partial charge in [-0.15, -0.1) is 0 Å². The third kappa shape index (κ3) is 3.18. The Hall–Kier alpha value is -1.62. The van der Waals surface area contributed by atoms with Crippen LogP contribution in [0, 0.1) is 5.92 Å². The summed E-state index contributed by atoms with van der Waals surface area (Å²) in [4.78, 5) is 4.87. The molecule has 2 N–H and O–H groups in total. The van der Waals surface area contributed by atoms with Crippen LogP contribution in [-0.2, 0) is 0 Å². The summed E-state index contributed by atoms with van der Waals surface area (Å²) in [5, 5.41) is 0. The lowest BCUT2D eigenvalue weighted by Crippen LogP contribution is -2.47. The number of hydrogen-bond acceptors (Lipinski definition) is 5. The first-order valence-corrected chi connectivity index (χ1v) is 7.80. The first-order chi connectivity index (χ1) is 10.1. The molecule has 5 nitrogen and oxygen atoms in total. The summed E-state index contributed by atoms with van der Waals surface area (Å²) in [6.45, 7) is 11.1. The first-order valence-electron chi connectivity index (χ1n) is 7.80. The van der Waals surface area contributed by atoms with Crippen molar-refractivity contribution >= 4 is 11.4 Å². The first kappa shape index (κ1) is 14.3. The average molecular weight is 291 g/mol. The minimum absolute atomic E-state index is 0.597. The number of ether oxygens (including phenoxy) is 2. The highest BCUT2D eigenvalue weighted by atomic mass is 16.6. The van der Waals surface area contributed by atoms with Crippen LogP contribution in [0.4, 0.5) is 11.4 Å². The largest absolute Gasteiger partial charge is 0.486 e. The van der Waals surface area contributed by atoms with Crippen molar-refractivity contribution in [1.82, 2.24) is 4.90 Å². The maximum Gasteiger partial charge on any atom is 0.163 e. The lowest BCUT2D eigenvalue weighted by atomic mass is 10.1. The minimum Gasteiger partial charge on any atom is -0.486 e. The van der Waals surface area contributed by atoms with E-state index < -0.39 is 0 Å². The van der Waals surface area contributed by atoms with E-state index in [0.29, 0.717) is 13.2 Å². The van der Waals surface area contributed by atoms with Gasteiger partial charge >= 0.3 is 0 Å². The van der Waals surface area contributed by atoms with Crippen LogP contribution < -0.4 is 20.1 Å². The fourth-order valence-electron chi connectivity index (χ4n) is 3.06. The van der Waals surface area contributed by atoms with Gasteiger partial charge in [-0.3, -0.25) is 4.90 Å². The number of nitrogens with two attached hydrogens (primary N) is 1. The van der Waals surface area contributed by atoms with Crippen molar-refractivity contribution < 1.29 is 9.47 Å². The summed E-state index contributed by atoms with van der Waals surface area (Å²) in [5.74, 6) is 2.30. The van der Waals surface area contributed by atoms with Gasteiger partial charge in [0.2, 0.25) is 0 Å². The van der Waals surface area contributed by atoms with E-state index in [1.807, 2.05) is 12.1 Å². The van der Waals surface area contributed by atoms with Gasteiger partial charge in [0.15, 0.2) is 11.5 Å². The fourth-order valence-corrected chi connectivity index (χ4v) is 3.06. The van der Waals surface area contributed by atoms with Crippen molar-refractivity contribution in [3.63, 3.8) is 0 Å². The molecular formula is C16H25N3O2. The molecular weight excluding hydrogens is 266 g/mol. The molecule has 116 valence electrons. The summed E-state index contributed by atoms with van der Waals surface area (Å²) in [5.41, 5.74) is 8.05. The van der Waals surface area contributed by atoms with Gasteiger partial charge in [-0.25, -0.2) is 0 Å². The van der Waals surface area contributed by atoms with Crippen LogP contribution >= 0.6 is 0 Å². The Labute approximate surface area is 126 Å². The Morgan fingerprint density at radius 1 is 1.05 bits per heavy atom. The SMILES string of the molecule is CC(C)CN1CCN(c2cc3c(cc2N)OCCO3)CC1. The maximum atomic E-state index is 6.20. The van der Waals surface area contributed by atoms with Crippen LogP contribution in [-0.4, -0.2) is 50.8 Å². The standard InChI is InChI=1S/C16H25N3O2/c1-12(2)11-18-3-5-19(6-4-18)14-10-16-15(9-13(14)17)20-7-8-21-16/h9-10,12H,3-8,11,17H2,1-2H3. The molecule has 0 atom stereocenters. The zero-order valence-corrected chi connectivity index (χ0v) is 13.0. The zero-order chi connectivity index (χ0) is 14.8. The summed E-state index contributed by atoms with van der Waals surface area (Å²) in [7, 11) is 0. The number of piperazine rings is 1. The number of nitrogens with zero attached hydrogens (tertiary/aromatic N) is 2. The summed E-state index contributed by atoms with van der Waals surface area (Å²) < 4.78 is 11.2. The molecule has 2 aliphatic heterocycles. The molecule has 3 rings (SSSR count). The average Bonchev–Trinajstić information content (AvgIpc) is 2.47. The van der Waals surface area contributed by atoms with E-state index in [-0.39, 0.29) is 0 Å². The van der Waals surface area contributed by atoms with E-state index in [1.54, 1.807) is 0 Å². The van der Waals surface area contributed by atoms with Gasteiger partial charge < -0.3 is 20.1 Å². The Morgan fingerprint density at radius 3 is 2.29 bits per heavy atom. The number of anilines is 2. The predicted molar refractivity (Wildman–Crippen MR) is 85.3 cm³/mol. The summed E-state index contributed by atoms with van der Waals surface area (Å²) >= 11 is 0. The van der Waals surface area contributed by atoms with E-state index in [2.05, 4.69) is 23.6 Å². The second-order valence-electron chi connectivity index (χ2n) is 6.24. The minimum atomic E-state index is 0.597. The van der Waals surface area contributed by atoms with E-state index in [0.717, 1.165) is 55.0 Å². The number of nitrogen functional groups attached to an aromatic ring is 1. The number of benzene rings is 1. The monoisotopic (exact) mass is 291 g/mol. The van der Waals surface area contributed by atoms with Gasteiger partial charge in [0.05, 0.1) is 11.4 Å². The van der Waals surface area contributed by atoms with Gasteiger partial charge in [0.25, 0.3) is 0 Å². The van der Waals surface area contributed by atoms with E-state index in [1.165, 1.54) is 6.54 Å². The fraction of sp³-hybridized carbons (Fsp3) is 0.625. The molecule has 0 aromatic heterocycles. The second kappa shape index (κ2) is 6.02. The van der Waals surface area contributed by atoms with Crippen molar-refractivity contribution in [3.05, 3.63) is 12.1 Å². The summed E-state index contributed by atoms with van der Waals surface area (Å²) in [6.07, 6.45) is 0. The quantitative estimate of drug-likeness (QED) is 0.861. The molecule has 0 bridgehead atoms. The molecule has 5 heteroatoms. The normalized spacial score (nSPS) is 19.1. The van der Waals surface area contributed by atoms with Crippen LogP contribution in [0.3, 0.4) is 0 Å². The van der Waals surface area contributed by atoms with E-state index in [9.17, 15) is 0 Å². The van der Waals surface area contributed by atoms with Crippen molar-refractivity contribution in [3.8, 4) is 11.5 Å². The van der Waals surface area contributed by atoms with Crippen molar-refractivity contribution in [1.29, 1.82) is 0 Å². The highest BCUT2D eigenvalue weighted by Crippen LogP contribution is 2.38. The molecule has 0 spiro atoms. The molecule has 0 saturated carbocycles. The lowest BCUT2D eigenvalue weighted by molar-refractivity contribution is 0.171. The van der Waals surface area contributed by atoms with E-state index >= 15 is 0 Å². The molecule has 1 aromatic rings. The second-order valence-corrected chi connectivity index (χ2v) is 6.24. The molecule has 2 heterocycles. The van der Waals surface area contributed by atoms with Gasteiger partial charge in [0, 0.05) is 44.9 Å². The third-order valence-corrected chi connectivity index (χ3v) is 4.03. The molecule has 21 heavy (non-hydrogen) atoms. The molecule has 1 aromatic carbocycles. The Morgan fingerprint density at radius 2 is 1.67 bits per heavy atom. The van der Waals surface area contributed by atoms with Gasteiger partial charge in [0.1, 0.15) is 13.2 Å². The van der Waals surface area contributed by atoms with Gasteiger partial charge in [-0.1, -0.05) is 13.8 Å². The molecule has 1 fully saturated rings. The topological polar surface area (TPSA) is 51.0 Å². The molecule has 0 aliphatic carbocycles. The Balaban J connectivity index is 1.70. The number of hydrogen-bond donors (Lipinski definition) is 1. The maximum absolute atomic E-state index is 6.20. The highest BCUT2D eigenvalue weighted by molar-refractivity contribution is 5.73. The highest BCUT2D eigenvalue weighted by Gasteiger charge is 2.22. The van der Waals surface area contributed by atoms with Crippen molar-refractivity contribution in [2.45, 2.75) is 13.8 Å². The Bertz CT molecular complexity index is 497. The van der Waals surface area contributed by atoms with Crippen molar-refractivity contribution in [2.24, 2.45) is 5.92 Å². The predicted octanol–water partition coefficient (Wildman–Crippen LogP) is 1.82. The molecule has 1 saturated heterocycles. The molecule has 0 amide bonds. The van der Waals surface area contributed by atoms with Crippen LogP contribution in [0.15, 0.2) is 12.1 Å². The number of fused-ring (bicyclic) bond motifs is 1. The Kier molecular flexibility index (Phi) is 4.10. The van der Waals surface area contributed by atoms with Crippen molar-refractivity contribution in [2.75, 3.05) is 56.6 Å². The smallest absolute Gasteiger partial charge is 0.163 e. The summed E-state index contributed by atoms with van der Waals surface area (Å²) in [6, 6.07) is 3.92. The molecule has 0 radical (unpaired) electrons. The molecule has 2 aliphatic rings. The van der Waals surface area contributed by atoms with Crippen LogP contribution in [0.1, 0.15) is 13.8 Å². The third-order valence-electron chi connectivity index (χ3n) is 4.03. The van der Waals surface area contributed by atoms with Gasteiger partial charge in [-0.2, -0.15) is 0 Å².